The maximum atomic E-state index is 13.9. The first kappa shape index (κ1) is 26.3. The molecule has 3 aromatic carbocycles. The van der Waals surface area contributed by atoms with Gasteiger partial charge in [0.15, 0.2) is 16.8 Å². The lowest BCUT2D eigenvalue weighted by molar-refractivity contribution is -0.132. The van der Waals surface area contributed by atoms with Crippen molar-refractivity contribution >= 4 is 44.1 Å². The number of rotatable bonds is 4. The second-order valence-corrected chi connectivity index (χ2v) is 11.2. The smallest absolute Gasteiger partial charge is 0.301 e. The number of phenolic OH excluding ortho intramolecular Hbond substituents is 1. The minimum Gasteiger partial charge on any atom is -0.508 e. The van der Waals surface area contributed by atoms with Crippen LogP contribution in [-0.2, 0) is 15.0 Å². The lowest BCUT2D eigenvalue weighted by Crippen LogP contribution is -2.29. The summed E-state index contributed by atoms with van der Waals surface area (Å²) < 4.78 is 33.5. The van der Waals surface area contributed by atoms with E-state index >= 15 is 0 Å². The molecule has 10 heteroatoms. The van der Waals surface area contributed by atoms with Crippen LogP contribution in [0.25, 0.3) is 16.0 Å². The average molecular weight is 551 g/mol. The number of ketones is 1. The van der Waals surface area contributed by atoms with Crippen LogP contribution >= 0.6 is 11.3 Å². The summed E-state index contributed by atoms with van der Waals surface area (Å²) in [6, 6.07) is 11.8. The van der Waals surface area contributed by atoms with Crippen LogP contribution in [0.4, 0.5) is 13.9 Å². The van der Waals surface area contributed by atoms with Crippen molar-refractivity contribution < 1.29 is 33.3 Å². The van der Waals surface area contributed by atoms with Gasteiger partial charge in [0.25, 0.3) is 5.78 Å². The van der Waals surface area contributed by atoms with Crippen molar-refractivity contribution in [3.63, 3.8) is 0 Å². The van der Waals surface area contributed by atoms with Gasteiger partial charge in [0.05, 0.1) is 34.5 Å². The fourth-order valence-electron chi connectivity index (χ4n) is 4.52. The zero-order valence-electron chi connectivity index (χ0n) is 21.5. The molecule has 7 nitrogen and oxygen atoms in total. The van der Waals surface area contributed by atoms with Gasteiger partial charge in [0, 0.05) is 6.07 Å². The Kier molecular flexibility index (Phi) is 6.38. The van der Waals surface area contributed by atoms with E-state index in [0.717, 1.165) is 33.9 Å². The van der Waals surface area contributed by atoms with Crippen molar-refractivity contribution in [3.8, 4) is 11.5 Å². The molecule has 0 bridgehead atoms. The number of hydrogen-bond acceptors (Lipinski definition) is 7. The van der Waals surface area contributed by atoms with Crippen molar-refractivity contribution in [2.24, 2.45) is 0 Å². The van der Waals surface area contributed by atoms with Crippen LogP contribution in [0, 0.1) is 11.6 Å². The molecule has 1 atom stereocenters. The standard InChI is InChI=1S/C29H24F2N2O5S/c1-29(2,3)15-7-10-21(38-4)17(11-15)25(35)23-24(14-5-8-16(34)9-6-14)33(27(37)26(23)36)28-32-20-12-18(30)19(31)13-22(20)39-28/h5-13,24,34-35H,1-4H3/b25-23+. The number of aromatic nitrogens is 1. The van der Waals surface area contributed by atoms with E-state index < -0.39 is 35.1 Å². The molecule has 4 aromatic rings. The molecule has 0 saturated carbocycles. The zero-order valence-corrected chi connectivity index (χ0v) is 22.3. The van der Waals surface area contributed by atoms with Crippen molar-refractivity contribution in [1.29, 1.82) is 0 Å². The lowest BCUT2D eigenvalue weighted by atomic mass is 9.85. The average Bonchev–Trinajstić information content (AvgIpc) is 3.40. The number of halogens is 2. The number of hydrogen-bond donors (Lipinski definition) is 2. The first-order valence-electron chi connectivity index (χ1n) is 11.9. The van der Waals surface area contributed by atoms with E-state index in [-0.39, 0.29) is 37.6 Å². The third-order valence-electron chi connectivity index (χ3n) is 6.60. The summed E-state index contributed by atoms with van der Waals surface area (Å²) in [6.45, 7) is 5.98. The summed E-state index contributed by atoms with van der Waals surface area (Å²) in [5, 5.41) is 21.5. The Morgan fingerprint density at radius 3 is 2.33 bits per heavy atom. The lowest BCUT2D eigenvalue weighted by Gasteiger charge is -2.24. The number of thiazole rings is 1. The van der Waals surface area contributed by atoms with Gasteiger partial charge in [-0.15, -0.1) is 0 Å². The molecule has 1 aliphatic heterocycles. The highest BCUT2D eigenvalue weighted by atomic mass is 32.1. The quantitative estimate of drug-likeness (QED) is 0.178. The molecule has 0 spiro atoms. The molecule has 5 rings (SSSR count). The van der Waals surface area contributed by atoms with Gasteiger partial charge in [0.1, 0.15) is 17.3 Å². The van der Waals surface area contributed by atoms with E-state index in [1.54, 1.807) is 12.1 Å². The topological polar surface area (TPSA) is 100.0 Å². The Labute approximate surface area is 226 Å². The monoisotopic (exact) mass is 550 g/mol. The zero-order chi connectivity index (χ0) is 28.2. The van der Waals surface area contributed by atoms with E-state index in [9.17, 15) is 28.6 Å². The number of aliphatic hydroxyl groups excluding tert-OH is 1. The third-order valence-corrected chi connectivity index (χ3v) is 7.62. The number of carbonyl (C=O) groups excluding carboxylic acids is 2. The maximum Gasteiger partial charge on any atom is 0.301 e. The molecule has 1 unspecified atom stereocenters. The van der Waals surface area contributed by atoms with Gasteiger partial charge >= 0.3 is 5.91 Å². The molecule has 200 valence electrons. The second-order valence-electron chi connectivity index (χ2n) is 10.2. The second kappa shape index (κ2) is 9.46. The van der Waals surface area contributed by atoms with Crippen molar-refractivity contribution in [2.75, 3.05) is 12.0 Å². The van der Waals surface area contributed by atoms with Gasteiger partial charge < -0.3 is 14.9 Å². The van der Waals surface area contributed by atoms with Crippen molar-refractivity contribution in [3.05, 3.63) is 88.5 Å². The minimum atomic E-state index is -1.15. The molecule has 0 aliphatic carbocycles. The SMILES string of the molecule is COc1ccc(C(C)(C)C)cc1/C(O)=C1\C(=O)C(=O)N(c2nc3cc(F)c(F)cc3s2)C1c1ccc(O)cc1. The number of Topliss-reactive ketones (excluding diaryl/α,β-unsaturated/α-hetero) is 1. The molecule has 2 heterocycles. The molecular formula is C29H24F2N2O5S. The Hall–Kier alpha value is -4.31. The molecule has 39 heavy (non-hydrogen) atoms. The molecule has 0 radical (unpaired) electrons. The van der Waals surface area contributed by atoms with Crippen LogP contribution in [0.15, 0.2) is 60.2 Å². The third kappa shape index (κ3) is 4.50. The molecule has 1 aromatic heterocycles. The van der Waals surface area contributed by atoms with Crippen LogP contribution < -0.4 is 9.64 Å². The van der Waals surface area contributed by atoms with Gasteiger partial charge in [-0.2, -0.15) is 0 Å². The predicted octanol–water partition coefficient (Wildman–Crippen LogP) is 6.21. The van der Waals surface area contributed by atoms with Crippen LogP contribution in [-0.4, -0.2) is 34.0 Å². The summed E-state index contributed by atoms with van der Waals surface area (Å²) in [6.07, 6.45) is 0. The summed E-state index contributed by atoms with van der Waals surface area (Å²) in [4.78, 5) is 32.4. The van der Waals surface area contributed by atoms with Crippen LogP contribution in [0.1, 0.15) is 43.5 Å². The van der Waals surface area contributed by atoms with Gasteiger partial charge in [-0.25, -0.2) is 13.8 Å². The minimum absolute atomic E-state index is 0.0182. The number of fused-ring (bicyclic) bond motifs is 1. The Morgan fingerprint density at radius 2 is 1.69 bits per heavy atom. The van der Waals surface area contributed by atoms with Crippen molar-refractivity contribution in [2.45, 2.75) is 32.2 Å². The van der Waals surface area contributed by atoms with Crippen molar-refractivity contribution in [1.82, 2.24) is 4.98 Å². The number of methoxy groups -OCH3 is 1. The highest BCUT2D eigenvalue weighted by Gasteiger charge is 2.48. The Morgan fingerprint density at radius 1 is 1.03 bits per heavy atom. The summed E-state index contributed by atoms with van der Waals surface area (Å²) in [7, 11) is 1.43. The van der Waals surface area contributed by atoms with E-state index in [1.165, 1.54) is 31.4 Å². The number of aromatic hydroxyl groups is 1. The van der Waals surface area contributed by atoms with E-state index in [1.807, 2.05) is 26.8 Å². The molecule has 1 amide bonds. The number of anilines is 1. The number of phenols is 1. The van der Waals surface area contributed by atoms with E-state index in [4.69, 9.17) is 4.74 Å². The molecular weight excluding hydrogens is 526 g/mol. The number of ether oxygens (including phenoxy) is 1. The van der Waals surface area contributed by atoms with Crippen LogP contribution in [0.5, 0.6) is 11.5 Å². The largest absolute Gasteiger partial charge is 0.508 e. The Bertz CT molecular complexity index is 1630. The fraction of sp³-hybridized carbons (Fsp3) is 0.207. The molecule has 1 fully saturated rings. The number of benzene rings is 3. The number of carbonyl (C=O) groups is 2. The molecule has 1 saturated heterocycles. The number of amides is 1. The highest BCUT2D eigenvalue weighted by molar-refractivity contribution is 7.22. The summed E-state index contributed by atoms with van der Waals surface area (Å²) in [5.74, 6) is -4.30. The summed E-state index contributed by atoms with van der Waals surface area (Å²) >= 11 is 0.905. The normalized spacial score (nSPS) is 17.3. The predicted molar refractivity (Wildman–Crippen MR) is 144 cm³/mol. The first-order chi connectivity index (χ1) is 18.4. The highest BCUT2D eigenvalue weighted by Crippen LogP contribution is 2.46. The van der Waals surface area contributed by atoms with Crippen LogP contribution in [0.2, 0.25) is 0 Å². The molecule has 1 aliphatic rings. The van der Waals surface area contributed by atoms with Gasteiger partial charge in [-0.3, -0.25) is 14.5 Å². The fourth-order valence-corrected chi connectivity index (χ4v) is 5.52. The number of aliphatic hydroxyl groups is 1. The number of nitrogens with zero attached hydrogens (tertiary/aromatic N) is 2. The summed E-state index contributed by atoms with van der Waals surface area (Å²) in [5.41, 5.74) is 1.08. The maximum absolute atomic E-state index is 13.9. The molecule has 2 N–H and O–H groups in total. The van der Waals surface area contributed by atoms with E-state index in [2.05, 4.69) is 4.98 Å². The first-order valence-corrected chi connectivity index (χ1v) is 12.8. The van der Waals surface area contributed by atoms with Crippen LogP contribution in [0.3, 0.4) is 0 Å². The van der Waals surface area contributed by atoms with E-state index in [0.29, 0.717) is 11.3 Å². The van der Waals surface area contributed by atoms with Gasteiger partial charge in [-0.1, -0.05) is 50.3 Å². The van der Waals surface area contributed by atoms with Gasteiger partial charge in [0.2, 0.25) is 0 Å². The van der Waals surface area contributed by atoms with Gasteiger partial charge in [-0.05, 0) is 46.9 Å². The Balaban J connectivity index is 1.76.